The summed E-state index contributed by atoms with van der Waals surface area (Å²) in [6.45, 7) is 1.51. The fourth-order valence-electron chi connectivity index (χ4n) is 3.93. The molecule has 138 valence electrons. The zero-order chi connectivity index (χ0) is 18.2. The maximum atomic E-state index is 13.8. The van der Waals surface area contributed by atoms with E-state index in [2.05, 4.69) is 9.97 Å². The van der Waals surface area contributed by atoms with Gasteiger partial charge < -0.3 is 4.74 Å². The molecule has 6 nitrogen and oxygen atoms in total. The van der Waals surface area contributed by atoms with Crippen molar-refractivity contribution in [3.8, 4) is 6.01 Å². The summed E-state index contributed by atoms with van der Waals surface area (Å²) in [5, 5.41) is 0. The molecule has 0 saturated carbocycles. The maximum absolute atomic E-state index is 13.8. The highest BCUT2D eigenvalue weighted by Crippen LogP contribution is 2.45. The third-order valence-corrected chi connectivity index (χ3v) is 7.99. The Morgan fingerprint density at radius 2 is 1.92 bits per heavy atom. The highest BCUT2D eigenvalue weighted by atomic mass is 32.2. The van der Waals surface area contributed by atoms with Gasteiger partial charge in [-0.1, -0.05) is 18.2 Å². The largest absolute Gasteiger partial charge is 0.463 e. The molecular weight excluding hydrogens is 357 g/mol. The first-order valence-electron chi connectivity index (χ1n) is 8.58. The summed E-state index contributed by atoms with van der Waals surface area (Å²) < 4.78 is 44.0. The summed E-state index contributed by atoms with van der Waals surface area (Å²) in [6, 6.07) is 8.55. The van der Waals surface area contributed by atoms with E-state index in [1.165, 1.54) is 6.07 Å². The number of sulfone groups is 1. The predicted molar refractivity (Wildman–Crippen MR) is 93.8 cm³/mol. The van der Waals surface area contributed by atoms with Gasteiger partial charge in [0.05, 0.1) is 12.4 Å². The summed E-state index contributed by atoms with van der Waals surface area (Å²) in [6.07, 6.45) is 3.74. The van der Waals surface area contributed by atoms with Crippen LogP contribution in [0.3, 0.4) is 0 Å². The van der Waals surface area contributed by atoms with Crippen molar-refractivity contribution in [2.45, 2.75) is 17.7 Å². The van der Waals surface area contributed by atoms with E-state index >= 15 is 0 Å². The SMILES string of the molecule is O=S1(=O)CC[C@@H](COc2ncccn2)C12CN(Cc1ccccc1F)C2. The number of benzene rings is 1. The molecule has 1 atom stereocenters. The summed E-state index contributed by atoms with van der Waals surface area (Å²) in [5.41, 5.74) is 0.586. The molecule has 2 aliphatic heterocycles. The molecule has 0 unspecified atom stereocenters. The predicted octanol–water partition coefficient (Wildman–Crippen LogP) is 1.68. The number of halogens is 1. The molecule has 2 aromatic rings. The number of ether oxygens (including phenoxy) is 1. The summed E-state index contributed by atoms with van der Waals surface area (Å²) in [7, 11) is -3.19. The molecule has 0 bridgehead atoms. The lowest BCUT2D eigenvalue weighted by atomic mass is 9.83. The smallest absolute Gasteiger partial charge is 0.316 e. The fraction of sp³-hybridized carbons (Fsp3) is 0.444. The van der Waals surface area contributed by atoms with E-state index in [1.807, 2.05) is 4.90 Å². The monoisotopic (exact) mass is 377 g/mol. The van der Waals surface area contributed by atoms with E-state index in [1.54, 1.807) is 36.7 Å². The van der Waals surface area contributed by atoms with Crippen LogP contribution in [0.1, 0.15) is 12.0 Å². The van der Waals surface area contributed by atoms with Crippen molar-refractivity contribution >= 4 is 9.84 Å². The van der Waals surface area contributed by atoms with Gasteiger partial charge >= 0.3 is 6.01 Å². The van der Waals surface area contributed by atoms with Crippen LogP contribution in [0.5, 0.6) is 6.01 Å². The number of aromatic nitrogens is 2. The lowest BCUT2D eigenvalue weighted by Crippen LogP contribution is -2.67. The van der Waals surface area contributed by atoms with Gasteiger partial charge in [-0.05, 0) is 18.6 Å². The van der Waals surface area contributed by atoms with Crippen LogP contribution in [0.25, 0.3) is 0 Å². The first kappa shape index (κ1) is 17.4. The van der Waals surface area contributed by atoms with Gasteiger partial charge in [-0.25, -0.2) is 22.8 Å². The van der Waals surface area contributed by atoms with Gasteiger partial charge in [-0.15, -0.1) is 0 Å². The van der Waals surface area contributed by atoms with Gasteiger partial charge in [0.1, 0.15) is 10.6 Å². The van der Waals surface area contributed by atoms with Crippen molar-refractivity contribution in [3.05, 3.63) is 54.1 Å². The van der Waals surface area contributed by atoms with Crippen molar-refractivity contribution in [1.29, 1.82) is 0 Å². The van der Waals surface area contributed by atoms with Crippen molar-refractivity contribution in [3.63, 3.8) is 0 Å². The first-order chi connectivity index (χ1) is 12.5. The van der Waals surface area contributed by atoms with Crippen LogP contribution in [0.15, 0.2) is 42.7 Å². The topological polar surface area (TPSA) is 72.4 Å². The normalized spacial score (nSPS) is 23.7. The molecule has 0 radical (unpaired) electrons. The molecule has 1 aromatic carbocycles. The molecule has 0 amide bonds. The first-order valence-corrected chi connectivity index (χ1v) is 10.2. The van der Waals surface area contributed by atoms with Gasteiger partial charge in [0.25, 0.3) is 0 Å². The second kappa shape index (κ2) is 6.59. The Hall–Kier alpha value is -2.06. The van der Waals surface area contributed by atoms with Crippen LogP contribution in [0.2, 0.25) is 0 Å². The van der Waals surface area contributed by atoms with E-state index in [0.29, 0.717) is 31.6 Å². The molecule has 2 fully saturated rings. The van der Waals surface area contributed by atoms with Crippen molar-refractivity contribution in [2.75, 3.05) is 25.4 Å². The zero-order valence-corrected chi connectivity index (χ0v) is 15.0. The van der Waals surface area contributed by atoms with Crippen molar-refractivity contribution in [1.82, 2.24) is 14.9 Å². The van der Waals surface area contributed by atoms with Gasteiger partial charge in [0, 0.05) is 43.5 Å². The number of hydrogen-bond acceptors (Lipinski definition) is 6. The Morgan fingerprint density at radius 1 is 1.19 bits per heavy atom. The minimum absolute atomic E-state index is 0.104. The van der Waals surface area contributed by atoms with E-state index in [9.17, 15) is 12.8 Å². The minimum Gasteiger partial charge on any atom is -0.463 e. The Bertz CT molecular complexity index is 886. The molecule has 4 rings (SSSR count). The fourth-order valence-corrected chi connectivity index (χ4v) is 6.39. The Labute approximate surface area is 151 Å². The molecule has 0 aliphatic carbocycles. The average Bonchev–Trinajstić information content (AvgIpc) is 2.87. The number of hydrogen-bond donors (Lipinski definition) is 0. The molecule has 8 heteroatoms. The van der Waals surface area contributed by atoms with Crippen LogP contribution in [0, 0.1) is 11.7 Å². The lowest BCUT2D eigenvalue weighted by molar-refractivity contribution is 0.0564. The Balaban J connectivity index is 1.44. The Kier molecular flexibility index (Phi) is 4.40. The van der Waals surface area contributed by atoms with E-state index in [-0.39, 0.29) is 30.1 Å². The quantitative estimate of drug-likeness (QED) is 0.790. The Morgan fingerprint density at radius 3 is 2.65 bits per heavy atom. The van der Waals surface area contributed by atoms with Gasteiger partial charge in [0.2, 0.25) is 0 Å². The minimum atomic E-state index is -3.19. The van der Waals surface area contributed by atoms with E-state index in [4.69, 9.17) is 4.74 Å². The standard InChI is InChI=1S/C18H20FN3O3S/c19-16-5-2-1-4-14(16)10-22-12-18(13-22)15(6-9-26(18,23)24)11-25-17-20-7-3-8-21-17/h1-5,7-8,15H,6,9-13H2/t15-/m0/s1. The molecule has 1 spiro atoms. The second-order valence-electron chi connectivity index (χ2n) is 6.95. The van der Waals surface area contributed by atoms with E-state index in [0.717, 1.165) is 0 Å². The van der Waals surface area contributed by atoms with Gasteiger partial charge in [-0.3, -0.25) is 4.90 Å². The second-order valence-corrected chi connectivity index (χ2v) is 9.40. The van der Waals surface area contributed by atoms with Gasteiger partial charge in [-0.2, -0.15) is 0 Å². The molecule has 0 N–H and O–H groups in total. The van der Waals surface area contributed by atoms with Gasteiger partial charge in [0.15, 0.2) is 9.84 Å². The highest BCUT2D eigenvalue weighted by molar-refractivity contribution is 7.93. The lowest BCUT2D eigenvalue weighted by Gasteiger charge is -2.50. The van der Waals surface area contributed by atoms with Crippen molar-refractivity contribution < 1.29 is 17.5 Å². The zero-order valence-electron chi connectivity index (χ0n) is 14.2. The highest BCUT2D eigenvalue weighted by Gasteiger charge is 2.61. The van der Waals surface area contributed by atoms with Crippen LogP contribution >= 0.6 is 0 Å². The number of likely N-dealkylation sites (tertiary alicyclic amines) is 1. The van der Waals surface area contributed by atoms with E-state index < -0.39 is 14.6 Å². The molecule has 2 saturated heterocycles. The average molecular weight is 377 g/mol. The molecule has 3 heterocycles. The summed E-state index contributed by atoms with van der Waals surface area (Å²) in [5.74, 6) is -0.193. The van der Waals surface area contributed by atoms with Crippen LogP contribution in [-0.2, 0) is 16.4 Å². The summed E-state index contributed by atoms with van der Waals surface area (Å²) >= 11 is 0. The summed E-state index contributed by atoms with van der Waals surface area (Å²) in [4.78, 5) is 10.0. The number of rotatable bonds is 5. The maximum Gasteiger partial charge on any atom is 0.316 e. The van der Waals surface area contributed by atoms with Crippen molar-refractivity contribution in [2.24, 2.45) is 5.92 Å². The third-order valence-electron chi connectivity index (χ3n) is 5.39. The molecule has 2 aliphatic rings. The molecule has 26 heavy (non-hydrogen) atoms. The van der Waals surface area contributed by atoms with Crippen LogP contribution in [0.4, 0.5) is 4.39 Å². The van der Waals surface area contributed by atoms with Crippen LogP contribution < -0.4 is 4.74 Å². The molecular formula is C18H20FN3O3S. The molecule has 1 aromatic heterocycles. The third kappa shape index (κ3) is 2.97. The number of nitrogens with zero attached hydrogens (tertiary/aromatic N) is 3. The van der Waals surface area contributed by atoms with Crippen LogP contribution in [-0.4, -0.2) is 53.5 Å².